The number of carbonyl (C=O) groups excluding carboxylic acids is 1. The lowest BCUT2D eigenvalue weighted by molar-refractivity contribution is -0.161. The maximum atomic E-state index is 11.0. The fourth-order valence-corrected chi connectivity index (χ4v) is 1.16. The molecule has 10 heavy (non-hydrogen) atoms. The highest BCUT2D eigenvalue weighted by Gasteiger charge is 2.38. The monoisotopic (exact) mass is 144 g/mol. The van der Waals surface area contributed by atoms with Gasteiger partial charge < -0.3 is 9.47 Å². The van der Waals surface area contributed by atoms with Crippen LogP contribution in [0.5, 0.6) is 0 Å². The Morgan fingerprint density at radius 3 is 2.80 bits per heavy atom. The topological polar surface area (TPSA) is 35.5 Å². The predicted octanol–water partition coefficient (Wildman–Crippen LogP) is 0.728. The van der Waals surface area contributed by atoms with Crippen molar-refractivity contribution in [3.8, 4) is 0 Å². The van der Waals surface area contributed by atoms with Crippen molar-refractivity contribution in [2.24, 2.45) is 0 Å². The molecule has 1 fully saturated rings. The Bertz CT molecular complexity index is 136. The summed E-state index contributed by atoms with van der Waals surface area (Å²) in [6, 6.07) is 0. The van der Waals surface area contributed by atoms with Crippen LogP contribution in [0.25, 0.3) is 0 Å². The molecule has 0 aromatic heterocycles. The molecule has 1 aliphatic heterocycles. The predicted molar refractivity (Wildman–Crippen MR) is 35.6 cm³/mol. The van der Waals surface area contributed by atoms with Gasteiger partial charge in [-0.3, -0.25) is 0 Å². The highest BCUT2D eigenvalue weighted by Crippen LogP contribution is 2.25. The second-order valence-corrected chi connectivity index (χ2v) is 2.67. The molecule has 58 valence electrons. The first-order valence-electron chi connectivity index (χ1n) is 3.41. The molecule has 0 aliphatic carbocycles. The summed E-state index contributed by atoms with van der Waals surface area (Å²) in [7, 11) is 1.38. The Morgan fingerprint density at radius 1 is 1.70 bits per heavy atom. The van der Waals surface area contributed by atoms with Crippen molar-refractivity contribution in [2.45, 2.75) is 25.4 Å². The molecule has 0 saturated carbocycles. The Balaban J connectivity index is 2.58. The average Bonchev–Trinajstić information content (AvgIpc) is 2.36. The van der Waals surface area contributed by atoms with Crippen LogP contribution in [0.4, 0.5) is 0 Å². The van der Waals surface area contributed by atoms with Crippen LogP contribution >= 0.6 is 0 Å². The van der Waals surface area contributed by atoms with Gasteiger partial charge in [-0.2, -0.15) is 0 Å². The average molecular weight is 144 g/mol. The molecule has 1 aliphatic rings. The lowest BCUT2D eigenvalue weighted by Crippen LogP contribution is -2.35. The zero-order chi connectivity index (χ0) is 7.61. The Kier molecular flexibility index (Phi) is 1.94. The summed E-state index contributed by atoms with van der Waals surface area (Å²) in [5.41, 5.74) is -0.658. The second kappa shape index (κ2) is 2.58. The third-order valence-corrected chi connectivity index (χ3v) is 1.84. The van der Waals surface area contributed by atoms with E-state index in [1.165, 1.54) is 7.11 Å². The fourth-order valence-electron chi connectivity index (χ4n) is 1.16. The fraction of sp³-hybridized carbons (Fsp3) is 0.857. The first-order chi connectivity index (χ1) is 4.69. The highest BCUT2D eigenvalue weighted by atomic mass is 16.6. The molecule has 0 aromatic carbocycles. The largest absolute Gasteiger partial charge is 0.467 e. The minimum atomic E-state index is -0.658. The molecule has 1 rings (SSSR count). The molecule has 0 spiro atoms. The van der Waals surface area contributed by atoms with Crippen molar-refractivity contribution in [2.75, 3.05) is 13.7 Å². The Hall–Kier alpha value is -0.570. The molecular formula is C7H12O3. The van der Waals surface area contributed by atoms with Crippen molar-refractivity contribution in [1.82, 2.24) is 0 Å². The highest BCUT2D eigenvalue weighted by molar-refractivity contribution is 5.79. The van der Waals surface area contributed by atoms with Gasteiger partial charge in [-0.25, -0.2) is 4.79 Å². The van der Waals surface area contributed by atoms with E-state index >= 15 is 0 Å². The molecule has 0 unspecified atom stereocenters. The lowest BCUT2D eigenvalue weighted by atomic mass is 10.0. The maximum absolute atomic E-state index is 11.0. The van der Waals surface area contributed by atoms with Crippen LogP contribution in [0.1, 0.15) is 19.8 Å². The van der Waals surface area contributed by atoms with Crippen LogP contribution in [-0.2, 0) is 14.3 Å². The van der Waals surface area contributed by atoms with Gasteiger partial charge in [-0.15, -0.1) is 0 Å². The molecule has 1 heterocycles. The van der Waals surface area contributed by atoms with Crippen molar-refractivity contribution in [3.63, 3.8) is 0 Å². The van der Waals surface area contributed by atoms with Crippen molar-refractivity contribution >= 4 is 5.97 Å². The molecule has 3 nitrogen and oxygen atoms in total. The van der Waals surface area contributed by atoms with Gasteiger partial charge in [0.1, 0.15) is 0 Å². The first kappa shape index (κ1) is 7.54. The van der Waals surface area contributed by atoms with E-state index in [0.717, 1.165) is 12.8 Å². The van der Waals surface area contributed by atoms with Crippen LogP contribution in [0.15, 0.2) is 0 Å². The van der Waals surface area contributed by atoms with E-state index in [9.17, 15) is 4.79 Å². The first-order valence-corrected chi connectivity index (χ1v) is 3.41. The van der Waals surface area contributed by atoms with Gasteiger partial charge in [0.25, 0.3) is 0 Å². The summed E-state index contributed by atoms with van der Waals surface area (Å²) in [4.78, 5) is 11.0. The maximum Gasteiger partial charge on any atom is 0.337 e. The minimum Gasteiger partial charge on any atom is -0.467 e. The third kappa shape index (κ3) is 1.14. The number of hydrogen-bond acceptors (Lipinski definition) is 3. The van der Waals surface area contributed by atoms with Gasteiger partial charge in [-0.05, 0) is 19.8 Å². The van der Waals surface area contributed by atoms with Gasteiger partial charge in [0.05, 0.1) is 7.11 Å². The molecule has 0 amide bonds. The van der Waals surface area contributed by atoms with Crippen LogP contribution in [0.3, 0.4) is 0 Å². The molecule has 3 heteroatoms. The van der Waals surface area contributed by atoms with E-state index < -0.39 is 5.60 Å². The van der Waals surface area contributed by atoms with Crippen molar-refractivity contribution in [3.05, 3.63) is 0 Å². The van der Waals surface area contributed by atoms with Crippen molar-refractivity contribution in [1.29, 1.82) is 0 Å². The molecule has 0 N–H and O–H groups in total. The normalized spacial score (nSPS) is 32.2. The second-order valence-electron chi connectivity index (χ2n) is 2.67. The van der Waals surface area contributed by atoms with Crippen LogP contribution in [0, 0.1) is 0 Å². The van der Waals surface area contributed by atoms with E-state index in [1.54, 1.807) is 6.92 Å². The minimum absolute atomic E-state index is 0.259. The Morgan fingerprint density at radius 2 is 2.40 bits per heavy atom. The molecule has 0 bridgehead atoms. The van der Waals surface area contributed by atoms with Crippen LogP contribution < -0.4 is 0 Å². The molecule has 1 saturated heterocycles. The summed E-state index contributed by atoms with van der Waals surface area (Å²) in [5.74, 6) is -0.259. The van der Waals surface area contributed by atoms with E-state index in [4.69, 9.17) is 4.74 Å². The summed E-state index contributed by atoms with van der Waals surface area (Å²) < 4.78 is 9.79. The number of methoxy groups -OCH3 is 1. The van der Waals surface area contributed by atoms with Crippen molar-refractivity contribution < 1.29 is 14.3 Å². The summed E-state index contributed by atoms with van der Waals surface area (Å²) in [6.07, 6.45) is 1.73. The van der Waals surface area contributed by atoms with E-state index in [0.29, 0.717) is 6.61 Å². The number of rotatable bonds is 1. The number of hydrogen-bond donors (Lipinski definition) is 0. The Labute approximate surface area is 60.3 Å². The third-order valence-electron chi connectivity index (χ3n) is 1.84. The SMILES string of the molecule is COC(=O)[C@]1(C)CCCO1. The van der Waals surface area contributed by atoms with Gasteiger partial charge >= 0.3 is 5.97 Å². The smallest absolute Gasteiger partial charge is 0.337 e. The summed E-state index contributed by atoms with van der Waals surface area (Å²) in [5, 5.41) is 0. The molecule has 0 radical (unpaired) electrons. The number of carbonyl (C=O) groups is 1. The van der Waals surface area contributed by atoms with Gasteiger partial charge in [-0.1, -0.05) is 0 Å². The molecular weight excluding hydrogens is 132 g/mol. The lowest BCUT2D eigenvalue weighted by Gasteiger charge is -2.18. The number of ether oxygens (including phenoxy) is 2. The molecule has 1 atom stereocenters. The quantitative estimate of drug-likeness (QED) is 0.509. The van der Waals surface area contributed by atoms with Crippen LogP contribution in [-0.4, -0.2) is 25.3 Å². The zero-order valence-corrected chi connectivity index (χ0v) is 6.35. The van der Waals surface area contributed by atoms with Gasteiger partial charge in [0, 0.05) is 6.61 Å². The van der Waals surface area contributed by atoms with Crippen LogP contribution in [0.2, 0.25) is 0 Å². The van der Waals surface area contributed by atoms with E-state index in [-0.39, 0.29) is 5.97 Å². The summed E-state index contributed by atoms with van der Waals surface area (Å²) in [6.45, 7) is 2.44. The van der Waals surface area contributed by atoms with E-state index in [1.807, 2.05) is 0 Å². The molecule has 0 aromatic rings. The van der Waals surface area contributed by atoms with E-state index in [2.05, 4.69) is 4.74 Å². The van der Waals surface area contributed by atoms with Gasteiger partial charge in [0.2, 0.25) is 0 Å². The summed E-state index contributed by atoms with van der Waals surface area (Å²) >= 11 is 0. The van der Waals surface area contributed by atoms with Gasteiger partial charge in [0.15, 0.2) is 5.60 Å². The standard InChI is InChI=1S/C7H12O3/c1-7(6(8)9-2)4-3-5-10-7/h3-5H2,1-2H3/t7-/m0/s1. The number of esters is 1. The zero-order valence-electron chi connectivity index (χ0n) is 6.35.